The highest BCUT2D eigenvalue weighted by molar-refractivity contribution is 8.00. The van der Waals surface area contributed by atoms with E-state index in [1.807, 2.05) is 43.3 Å². The number of likely N-dealkylation sites (N-methyl/N-ethyl adjacent to an activating group) is 1. The zero-order chi connectivity index (χ0) is 15.9. The van der Waals surface area contributed by atoms with Crippen molar-refractivity contribution in [3.05, 3.63) is 54.0 Å². The third-order valence-corrected chi connectivity index (χ3v) is 4.26. The molecular formula is C16H18N2O3S. The Hall–Kier alpha value is -2.21. The van der Waals surface area contributed by atoms with Crippen LogP contribution in [0.4, 0.5) is 0 Å². The van der Waals surface area contributed by atoms with Crippen molar-refractivity contribution in [3.8, 4) is 0 Å². The van der Waals surface area contributed by atoms with Crippen molar-refractivity contribution >= 4 is 23.6 Å². The molecule has 5 nitrogen and oxygen atoms in total. The second kappa shape index (κ2) is 7.70. The molecule has 0 radical (unpaired) electrons. The normalized spacial score (nSPS) is 11.7. The predicted octanol–water partition coefficient (Wildman–Crippen LogP) is 2.28. The summed E-state index contributed by atoms with van der Waals surface area (Å²) in [5, 5.41) is 5.34. The first-order valence-corrected chi connectivity index (χ1v) is 7.83. The van der Waals surface area contributed by atoms with Crippen molar-refractivity contribution in [2.45, 2.75) is 17.9 Å². The maximum absolute atomic E-state index is 12.1. The van der Waals surface area contributed by atoms with Crippen LogP contribution >= 0.6 is 11.8 Å². The number of nitrogens with one attached hydrogen (secondary N) is 2. The van der Waals surface area contributed by atoms with E-state index in [0.717, 1.165) is 16.2 Å². The average molecular weight is 318 g/mol. The van der Waals surface area contributed by atoms with Crippen molar-refractivity contribution < 1.29 is 14.0 Å². The Balaban J connectivity index is 1.99. The Bertz CT molecular complexity index is 640. The first-order chi connectivity index (χ1) is 10.6. The maximum Gasteiger partial charge on any atom is 0.246 e. The van der Waals surface area contributed by atoms with Gasteiger partial charge in [-0.05, 0) is 18.6 Å². The fraction of sp³-hybridized carbons (Fsp3) is 0.250. The second-order valence-electron chi connectivity index (χ2n) is 4.66. The monoisotopic (exact) mass is 318 g/mol. The van der Waals surface area contributed by atoms with Gasteiger partial charge >= 0.3 is 0 Å². The van der Waals surface area contributed by atoms with Gasteiger partial charge in [-0.15, -0.1) is 11.8 Å². The standard InChI is InChI=1S/C16H18N2O3S/c1-11-13(8-9-21-11)22-10-14(19)18-15(16(20)17-2)12-6-4-3-5-7-12/h3-9,15H,10H2,1-2H3,(H,17,20)(H,18,19)/t15-/m1/s1. The van der Waals surface area contributed by atoms with Crippen molar-refractivity contribution in [1.82, 2.24) is 10.6 Å². The Labute approximate surface area is 133 Å². The van der Waals surface area contributed by atoms with Gasteiger partial charge in [0.2, 0.25) is 11.8 Å². The molecule has 1 heterocycles. The predicted molar refractivity (Wildman–Crippen MR) is 85.6 cm³/mol. The first kappa shape index (κ1) is 16.2. The molecule has 0 aliphatic rings. The summed E-state index contributed by atoms with van der Waals surface area (Å²) in [6.45, 7) is 1.84. The van der Waals surface area contributed by atoms with Crippen molar-refractivity contribution in [2.24, 2.45) is 0 Å². The lowest BCUT2D eigenvalue weighted by molar-refractivity contribution is -0.127. The molecule has 22 heavy (non-hydrogen) atoms. The molecule has 0 saturated heterocycles. The van der Waals surface area contributed by atoms with Gasteiger partial charge in [-0.2, -0.15) is 0 Å². The molecule has 0 fully saturated rings. The molecule has 0 aliphatic heterocycles. The number of thioether (sulfide) groups is 1. The van der Waals surface area contributed by atoms with Crippen LogP contribution in [0.15, 0.2) is 52.0 Å². The molecule has 2 aromatic rings. The maximum atomic E-state index is 12.1. The Morgan fingerprint density at radius 3 is 2.55 bits per heavy atom. The number of rotatable bonds is 6. The highest BCUT2D eigenvalue weighted by Gasteiger charge is 2.21. The van der Waals surface area contributed by atoms with Crippen LogP contribution in [0.2, 0.25) is 0 Å². The number of hydrogen-bond donors (Lipinski definition) is 2. The molecule has 0 spiro atoms. The molecule has 2 N–H and O–H groups in total. The van der Waals surface area contributed by atoms with Crippen molar-refractivity contribution in [1.29, 1.82) is 0 Å². The number of carbonyl (C=O) groups is 2. The number of benzene rings is 1. The molecule has 2 rings (SSSR count). The van der Waals surface area contributed by atoms with Crippen LogP contribution in [0, 0.1) is 6.92 Å². The minimum Gasteiger partial charge on any atom is -0.468 e. The van der Waals surface area contributed by atoms with E-state index < -0.39 is 6.04 Å². The molecule has 0 aliphatic carbocycles. The summed E-state index contributed by atoms with van der Waals surface area (Å²) in [4.78, 5) is 25.0. The molecule has 2 amide bonds. The SMILES string of the molecule is CNC(=O)[C@H](NC(=O)CSc1ccoc1C)c1ccccc1. The summed E-state index contributed by atoms with van der Waals surface area (Å²) in [7, 11) is 1.55. The lowest BCUT2D eigenvalue weighted by Crippen LogP contribution is -2.39. The fourth-order valence-corrected chi connectivity index (χ4v) is 2.73. The van der Waals surface area contributed by atoms with Gasteiger partial charge in [0.05, 0.1) is 12.0 Å². The Morgan fingerprint density at radius 2 is 1.95 bits per heavy atom. The van der Waals surface area contributed by atoms with Crippen molar-refractivity contribution in [3.63, 3.8) is 0 Å². The Morgan fingerprint density at radius 1 is 1.23 bits per heavy atom. The zero-order valence-corrected chi connectivity index (χ0v) is 13.3. The third kappa shape index (κ3) is 4.14. The Kier molecular flexibility index (Phi) is 5.66. The van der Waals surface area contributed by atoms with Gasteiger partial charge in [-0.1, -0.05) is 30.3 Å². The molecule has 116 valence electrons. The molecule has 6 heteroatoms. The average Bonchev–Trinajstić information content (AvgIpc) is 2.96. The van der Waals surface area contributed by atoms with Crippen LogP contribution in [0.3, 0.4) is 0 Å². The largest absolute Gasteiger partial charge is 0.468 e. The van der Waals surface area contributed by atoms with E-state index in [0.29, 0.717) is 0 Å². The van der Waals surface area contributed by atoms with Gasteiger partial charge in [0.15, 0.2) is 0 Å². The molecule has 0 saturated carbocycles. The van der Waals surface area contributed by atoms with E-state index in [9.17, 15) is 9.59 Å². The van der Waals surface area contributed by atoms with Crippen LogP contribution in [-0.2, 0) is 9.59 Å². The van der Waals surface area contributed by atoms with Crippen molar-refractivity contribution in [2.75, 3.05) is 12.8 Å². The van der Waals surface area contributed by atoms with Crippen LogP contribution in [0.25, 0.3) is 0 Å². The third-order valence-electron chi connectivity index (χ3n) is 3.12. The summed E-state index contributed by atoms with van der Waals surface area (Å²) in [6.07, 6.45) is 1.59. The van der Waals surface area contributed by atoms with Crippen LogP contribution in [-0.4, -0.2) is 24.6 Å². The quantitative estimate of drug-likeness (QED) is 0.802. The molecule has 1 atom stereocenters. The number of amides is 2. The van der Waals surface area contributed by atoms with E-state index in [1.165, 1.54) is 11.8 Å². The van der Waals surface area contributed by atoms with Gasteiger partial charge in [0.25, 0.3) is 0 Å². The van der Waals surface area contributed by atoms with E-state index >= 15 is 0 Å². The molecule has 1 aromatic heterocycles. The molecular weight excluding hydrogens is 300 g/mol. The zero-order valence-electron chi connectivity index (χ0n) is 12.5. The highest BCUT2D eigenvalue weighted by Crippen LogP contribution is 2.23. The molecule has 0 unspecified atom stereocenters. The van der Waals surface area contributed by atoms with Crippen LogP contribution in [0.5, 0.6) is 0 Å². The minimum absolute atomic E-state index is 0.206. The summed E-state index contributed by atoms with van der Waals surface area (Å²) >= 11 is 1.38. The summed E-state index contributed by atoms with van der Waals surface area (Å²) in [6, 6.07) is 10.3. The number of aryl methyl sites for hydroxylation is 1. The lowest BCUT2D eigenvalue weighted by atomic mass is 10.1. The van der Waals surface area contributed by atoms with Crippen LogP contribution < -0.4 is 10.6 Å². The topological polar surface area (TPSA) is 71.3 Å². The molecule has 0 bridgehead atoms. The lowest BCUT2D eigenvalue weighted by Gasteiger charge is -2.17. The van der Waals surface area contributed by atoms with E-state index in [2.05, 4.69) is 10.6 Å². The summed E-state index contributed by atoms with van der Waals surface area (Å²) in [5.41, 5.74) is 0.750. The highest BCUT2D eigenvalue weighted by atomic mass is 32.2. The number of furan rings is 1. The minimum atomic E-state index is -0.690. The number of hydrogen-bond acceptors (Lipinski definition) is 4. The smallest absolute Gasteiger partial charge is 0.246 e. The first-order valence-electron chi connectivity index (χ1n) is 6.84. The summed E-state index contributed by atoms with van der Waals surface area (Å²) in [5.74, 6) is 0.552. The summed E-state index contributed by atoms with van der Waals surface area (Å²) < 4.78 is 5.19. The van der Waals surface area contributed by atoms with Gasteiger partial charge in [-0.25, -0.2) is 0 Å². The second-order valence-corrected chi connectivity index (χ2v) is 5.67. The van der Waals surface area contributed by atoms with Gasteiger partial charge < -0.3 is 15.1 Å². The van der Waals surface area contributed by atoms with Gasteiger partial charge in [0.1, 0.15) is 11.8 Å². The fourth-order valence-electron chi connectivity index (χ4n) is 1.96. The number of carbonyl (C=O) groups excluding carboxylic acids is 2. The van der Waals surface area contributed by atoms with Gasteiger partial charge in [0, 0.05) is 11.9 Å². The molecule has 1 aromatic carbocycles. The van der Waals surface area contributed by atoms with E-state index in [1.54, 1.807) is 13.3 Å². The van der Waals surface area contributed by atoms with E-state index in [-0.39, 0.29) is 17.6 Å². The van der Waals surface area contributed by atoms with Crippen LogP contribution in [0.1, 0.15) is 17.4 Å². The van der Waals surface area contributed by atoms with Gasteiger partial charge in [-0.3, -0.25) is 9.59 Å². The van der Waals surface area contributed by atoms with E-state index in [4.69, 9.17) is 4.42 Å².